The minimum atomic E-state index is -0.820. The fourth-order valence-corrected chi connectivity index (χ4v) is 1.10. The molecule has 1 amide bonds. The van der Waals surface area contributed by atoms with Crippen LogP contribution in [0.4, 0.5) is 0 Å². The van der Waals surface area contributed by atoms with Gasteiger partial charge < -0.3 is 9.47 Å². The molecule has 0 heterocycles. The van der Waals surface area contributed by atoms with Crippen molar-refractivity contribution in [3.05, 3.63) is 0 Å². The normalized spacial score (nSPS) is 13.4. The van der Waals surface area contributed by atoms with Gasteiger partial charge in [0.05, 0.1) is 0 Å². The lowest BCUT2D eigenvalue weighted by Crippen LogP contribution is -2.43. The molecule has 6 heteroatoms. The van der Waals surface area contributed by atoms with E-state index in [1.54, 1.807) is 20.3 Å². The number of hydrogen-bond donors (Lipinski definition) is 0. The van der Waals surface area contributed by atoms with E-state index in [2.05, 4.69) is 0 Å². The Hall–Kier alpha value is -1.59. The smallest absolute Gasteiger partial charge is 0.318 e. The molecule has 0 aromatic heterocycles. The van der Waals surface area contributed by atoms with Gasteiger partial charge in [-0.2, -0.15) is 0 Å². The van der Waals surface area contributed by atoms with Gasteiger partial charge >= 0.3 is 18.3 Å². The zero-order valence-corrected chi connectivity index (χ0v) is 10.6. The average Bonchev–Trinajstić information content (AvgIpc) is 2.29. The van der Waals surface area contributed by atoms with Crippen LogP contribution in [0.3, 0.4) is 0 Å². The first-order valence-corrected chi connectivity index (χ1v) is 5.51. The third kappa shape index (κ3) is 5.33. The van der Waals surface area contributed by atoms with Crippen molar-refractivity contribution in [1.82, 2.24) is 4.90 Å². The summed E-state index contributed by atoms with van der Waals surface area (Å²) in [7, 11) is 0. The Morgan fingerprint density at radius 2 is 1.41 bits per heavy atom. The minimum Gasteiger partial charge on any atom is -0.442 e. The van der Waals surface area contributed by atoms with Gasteiger partial charge in [0, 0.05) is 12.8 Å². The molecule has 0 saturated heterocycles. The Balaban J connectivity index is 4.43. The van der Waals surface area contributed by atoms with Crippen LogP contribution in [0, 0.1) is 0 Å². The minimum absolute atomic E-state index is 0.208. The van der Waals surface area contributed by atoms with E-state index in [9.17, 15) is 14.4 Å². The molecule has 0 aromatic rings. The summed E-state index contributed by atoms with van der Waals surface area (Å²) < 4.78 is 9.84. The summed E-state index contributed by atoms with van der Waals surface area (Å²) in [5.74, 6) is -0.876. The molecule has 0 aliphatic rings. The molecule has 0 saturated carbocycles. The van der Waals surface area contributed by atoms with Crippen molar-refractivity contribution in [2.24, 2.45) is 0 Å². The van der Waals surface area contributed by atoms with E-state index in [-0.39, 0.29) is 12.8 Å². The maximum atomic E-state index is 11.1. The summed E-state index contributed by atoms with van der Waals surface area (Å²) in [5.41, 5.74) is 0. The number of nitrogens with zero attached hydrogens (tertiary/aromatic N) is 1. The van der Waals surface area contributed by atoms with Crippen molar-refractivity contribution in [3.8, 4) is 0 Å². The molecule has 0 aliphatic heterocycles. The van der Waals surface area contributed by atoms with Gasteiger partial charge in [0.2, 0.25) is 0 Å². The molecule has 0 rings (SSSR count). The van der Waals surface area contributed by atoms with Crippen LogP contribution < -0.4 is 0 Å². The van der Waals surface area contributed by atoms with Gasteiger partial charge in [-0.15, -0.1) is 0 Å². The van der Waals surface area contributed by atoms with E-state index in [1.165, 1.54) is 13.8 Å². The van der Waals surface area contributed by atoms with Gasteiger partial charge in [-0.3, -0.25) is 19.3 Å². The summed E-state index contributed by atoms with van der Waals surface area (Å²) in [6.07, 6.45) is 0.367. The highest BCUT2D eigenvalue weighted by Gasteiger charge is 2.24. The number of carbonyl (C=O) groups is 2. The van der Waals surface area contributed by atoms with Crippen molar-refractivity contribution in [2.45, 2.75) is 53.0 Å². The number of ether oxygens (including phenoxy) is 2. The average molecular weight is 244 g/mol. The van der Waals surface area contributed by atoms with Gasteiger partial charge in [-0.05, 0) is 13.8 Å². The second-order valence-electron chi connectivity index (χ2n) is 3.38. The number of esters is 2. The van der Waals surface area contributed by atoms with E-state index in [1.807, 2.05) is 0 Å². The maximum Gasteiger partial charge on any atom is 0.318 e. The van der Waals surface area contributed by atoms with Crippen LogP contribution >= 0.6 is 0 Å². The van der Waals surface area contributed by atoms with Crippen LogP contribution in [0.1, 0.15) is 40.5 Å². The van der Waals surface area contributed by atoms with Gasteiger partial charge in [-0.1, -0.05) is 13.8 Å². The molecule has 0 spiro atoms. The second kappa shape index (κ2) is 7.65. The van der Waals surface area contributed by atoms with E-state index >= 15 is 0 Å². The van der Waals surface area contributed by atoms with Crippen molar-refractivity contribution >= 4 is 18.3 Å². The lowest BCUT2D eigenvalue weighted by molar-refractivity contribution is -0.169. The number of carbonyl (C=O) groups excluding carboxylic acids is 3. The third-order valence-corrected chi connectivity index (χ3v) is 2.07. The molecule has 2 atom stereocenters. The monoisotopic (exact) mass is 244 g/mol. The lowest BCUT2D eigenvalue weighted by Gasteiger charge is -2.28. The summed E-state index contributed by atoms with van der Waals surface area (Å²) in [5, 5.41) is 0. The van der Waals surface area contributed by atoms with E-state index < -0.39 is 24.4 Å². The van der Waals surface area contributed by atoms with Crippen LogP contribution in [0.25, 0.3) is 0 Å². The molecule has 6 nitrogen and oxygen atoms in total. The van der Waals surface area contributed by atoms with Crippen LogP contribution in [0.15, 0.2) is 0 Å². The van der Waals surface area contributed by atoms with Crippen molar-refractivity contribution < 1.29 is 23.9 Å². The van der Waals surface area contributed by atoms with Gasteiger partial charge in [-0.25, -0.2) is 0 Å². The highest BCUT2D eigenvalue weighted by Crippen LogP contribution is 2.07. The zero-order valence-electron chi connectivity index (χ0n) is 10.6. The molecule has 0 fully saturated rings. The van der Waals surface area contributed by atoms with Crippen molar-refractivity contribution in [2.75, 3.05) is 0 Å². The fourth-order valence-electron chi connectivity index (χ4n) is 1.10. The second-order valence-corrected chi connectivity index (χ2v) is 3.38. The number of rotatable bonds is 7. The molecule has 0 aromatic carbocycles. The molecular formula is C11H18NO5. The first kappa shape index (κ1) is 15.4. The first-order chi connectivity index (χ1) is 7.96. The predicted octanol–water partition coefficient (Wildman–Crippen LogP) is 0.954. The maximum absolute atomic E-state index is 11.1. The first-order valence-electron chi connectivity index (χ1n) is 5.51. The Labute approximate surface area is 101 Å². The van der Waals surface area contributed by atoms with E-state index in [4.69, 9.17) is 9.47 Å². The molecule has 0 N–H and O–H groups in total. The Kier molecular flexibility index (Phi) is 6.93. The lowest BCUT2D eigenvalue weighted by atomic mass is 10.4. The molecule has 2 unspecified atom stereocenters. The van der Waals surface area contributed by atoms with Crippen LogP contribution in [-0.2, 0) is 23.9 Å². The predicted molar refractivity (Wildman–Crippen MR) is 59.2 cm³/mol. The van der Waals surface area contributed by atoms with Gasteiger partial charge in [0.25, 0.3) is 0 Å². The largest absolute Gasteiger partial charge is 0.442 e. The highest BCUT2D eigenvalue weighted by atomic mass is 16.6. The summed E-state index contributed by atoms with van der Waals surface area (Å²) in [6, 6.07) is 0. The summed E-state index contributed by atoms with van der Waals surface area (Å²) in [6.45, 7) is 6.30. The van der Waals surface area contributed by atoms with Crippen molar-refractivity contribution in [3.63, 3.8) is 0 Å². The van der Waals surface area contributed by atoms with Crippen LogP contribution in [-0.4, -0.2) is 35.7 Å². The van der Waals surface area contributed by atoms with E-state index in [0.29, 0.717) is 0 Å². The Morgan fingerprint density at radius 3 is 1.65 bits per heavy atom. The standard InChI is InChI=1S/C11H18NO5/c1-5-10(14)16-8(3)12(7-13)9(4)17-11(15)6-2/h8-9H,5-6H2,1-4H3. The molecule has 0 bridgehead atoms. The highest BCUT2D eigenvalue weighted by molar-refractivity contribution is 5.70. The Bertz CT molecular complexity index is 255. The van der Waals surface area contributed by atoms with Gasteiger partial charge in [0.15, 0.2) is 12.5 Å². The molecular weight excluding hydrogens is 226 g/mol. The molecule has 1 radical (unpaired) electrons. The van der Waals surface area contributed by atoms with Gasteiger partial charge in [0.1, 0.15) is 0 Å². The number of hydrogen-bond acceptors (Lipinski definition) is 5. The fraction of sp³-hybridized carbons (Fsp3) is 0.727. The summed E-state index contributed by atoms with van der Waals surface area (Å²) in [4.78, 5) is 33.9. The van der Waals surface area contributed by atoms with Crippen LogP contribution in [0.5, 0.6) is 0 Å². The zero-order chi connectivity index (χ0) is 13.4. The van der Waals surface area contributed by atoms with E-state index in [0.717, 1.165) is 4.90 Å². The number of amides is 1. The topological polar surface area (TPSA) is 72.9 Å². The molecule has 0 aliphatic carbocycles. The Morgan fingerprint density at radius 1 is 1.06 bits per heavy atom. The summed E-state index contributed by atoms with van der Waals surface area (Å²) >= 11 is 0. The SMILES string of the molecule is CCC(=O)OC(C)N([C]=O)C(C)OC(=O)CC. The van der Waals surface area contributed by atoms with Crippen molar-refractivity contribution in [1.29, 1.82) is 0 Å². The quantitative estimate of drug-likeness (QED) is 0.379. The van der Waals surface area contributed by atoms with Crippen LogP contribution in [0.2, 0.25) is 0 Å². The molecule has 97 valence electrons. The third-order valence-electron chi connectivity index (χ3n) is 2.07. The molecule has 17 heavy (non-hydrogen) atoms.